The fourth-order valence-electron chi connectivity index (χ4n) is 10.5. The number of methoxy groups -OCH3 is 1. The fraction of sp³-hybridized carbons (Fsp3) is 0.650. The van der Waals surface area contributed by atoms with Gasteiger partial charge in [0.05, 0.1) is 13.5 Å². The first-order chi connectivity index (χ1) is 23.5. The Labute approximate surface area is 293 Å². The monoisotopic (exact) mass is 690 g/mol. The molecule has 5 aliphatic rings. The Morgan fingerprint density at radius 3 is 2.02 bits per heavy atom. The van der Waals surface area contributed by atoms with Gasteiger partial charge in [-0.15, -0.1) is 0 Å². The van der Waals surface area contributed by atoms with Crippen LogP contribution in [-0.2, 0) is 37.3 Å². The molecule has 4 aliphatic carbocycles. The van der Waals surface area contributed by atoms with Crippen LogP contribution in [0, 0.1) is 11.3 Å². The lowest BCUT2D eigenvalue weighted by molar-refractivity contribution is -0.186. The molecule has 0 unspecified atom stereocenters. The molecule has 49 heavy (non-hydrogen) atoms. The molecule has 4 saturated carbocycles. The number of sulfonamides is 1. The summed E-state index contributed by atoms with van der Waals surface area (Å²) in [5.74, 6) is 0.270. The Bertz CT molecular complexity index is 1600. The van der Waals surface area contributed by atoms with Crippen LogP contribution in [0.3, 0.4) is 0 Å². The summed E-state index contributed by atoms with van der Waals surface area (Å²) in [5.41, 5.74) is 0.0445. The lowest BCUT2D eigenvalue weighted by Gasteiger charge is -2.52. The molecule has 0 aromatic heterocycles. The molecule has 9 heteroatoms. The number of rotatable bonds is 11. The number of amides is 1. The average molecular weight is 691 g/mol. The number of hydrogen-bond acceptors (Lipinski definition) is 6. The second-order valence-corrected chi connectivity index (χ2v) is 18.2. The highest BCUT2D eigenvalue weighted by Gasteiger charge is 2.74. The van der Waals surface area contributed by atoms with E-state index >= 15 is 8.42 Å². The summed E-state index contributed by atoms with van der Waals surface area (Å²) >= 11 is 0. The van der Waals surface area contributed by atoms with Crippen molar-refractivity contribution in [1.82, 2.24) is 9.21 Å². The van der Waals surface area contributed by atoms with E-state index in [-0.39, 0.29) is 36.9 Å². The number of esters is 1. The highest BCUT2D eigenvalue weighted by molar-refractivity contribution is 7.90. The number of benzene rings is 2. The number of ether oxygens (including phenoxy) is 2. The average Bonchev–Trinajstić information content (AvgIpc) is 3.50. The zero-order valence-corrected chi connectivity index (χ0v) is 30.4. The molecule has 0 spiro atoms. The van der Waals surface area contributed by atoms with Crippen molar-refractivity contribution < 1.29 is 27.5 Å². The summed E-state index contributed by atoms with van der Waals surface area (Å²) in [5, 5.41) is 0. The maximum absolute atomic E-state index is 15.6. The Balaban J connectivity index is 1.24. The van der Waals surface area contributed by atoms with Gasteiger partial charge in [0.15, 0.2) is 5.54 Å². The van der Waals surface area contributed by atoms with Gasteiger partial charge < -0.3 is 14.4 Å². The number of carbonyl (C=O) groups excluding carboxylic acids is 2. The largest absolute Gasteiger partial charge is 0.497 e. The van der Waals surface area contributed by atoms with E-state index in [1.165, 1.54) is 0 Å². The minimum atomic E-state index is -3.88. The van der Waals surface area contributed by atoms with Gasteiger partial charge in [0.1, 0.15) is 16.6 Å². The lowest BCUT2D eigenvalue weighted by atomic mass is 9.77. The first-order valence-electron chi connectivity index (χ1n) is 18.7. The molecule has 266 valence electrons. The zero-order chi connectivity index (χ0) is 34.4. The Morgan fingerprint density at radius 2 is 1.47 bits per heavy atom. The third kappa shape index (κ3) is 5.71. The first kappa shape index (κ1) is 34.5. The van der Waals surface area contributed by atoms with Crippen LogP contribution in [-0.4, -0.2) is 65.1 Å². The number of carbonyl (C=O) groups is 2. The van der Waals surface area contributed by atoms with Crippen LogP contribution in [0.4, 0.5) is 0 Å². The smallest absolute Gasteiger partial charge is 0.333 e. The first-order valence-corrected chi connectivity index (χ1v) is 20.2. The number of likely N-dealkylation sites (tertiary alicyclic amines) is 1. The maximum Gasteiger partial charge on any atom is 0.333 e. The van der Waals surface area contributed by atoms with Crippen molar-refractivity contribution in [3.8, 4) is 5.75 Å². The van der Waals surface area contributed by atoms with Gasteiger partial charge in [0.25, 0.3) is 0 Å². The van der Waals surface area contributed by atoms with Crippen LogP contribution in [0.1, 0.15) is 115 Å². The predicted octanol–water partition coefficient (Wildman–Crippen LogP) is 7.20. The SMILES string of the molecule is COc1ccc(CN2C(=O)C[C@@]2(Cc2ccccc2)C(=O)O[C@H]2C[C@@H]3CC[C@@]2(S(=O)(=O)N(C2CCCCC2)C2CCCCC2)C3(C)C)cc1. The third-order valence-corrected chi connectivity index (χ3v) is 16.4. The molecular formula is C40H54N2O6S. The summed E-state index contributed by atoms with van der Waals surface area (Å²) in [6.07, 6.45) is 11.6. The Kier molecular flexibility index (Phi) is 9.39. The van der Waals surface area contributed by atoms with E-state index in [1.807, 2.05) is 58.9 Å². The molecular weight excluding hydrogens is 637 g/mol. The molecule has 0 N–H and O–H groups in total. The topological polar surface area (TPSA) is 93.2 Å². The van der Waals surface area contributed by atoms with Gasteiger partial charge in [-0.2, -0.15) is 4.31 Å². The zero-order valence-electron chi connectivity index (χ0n) is 29.6. The highest BCUT2D eigenvalue weighted by atomic mass is 32.2. The molecule has 8 nitrogen and oxygen atoms in total. The van der Waals surface area contributed by atoms with Crippen molar-refractivity contribution in [3.63, 3.8) is 0 Å². The van der Waals surface area contributed by atoms with E-state index in [2.05, 4.69) is 13.8 Å². The van der Waals surface area contributed by atoms with E-state index in [0.717, 1.165) is 87.5 Å². The summed E-state index contributed by atoms with van der Waals surface area (Å²) < 4.78 is 44.0. The molecule has 1 aliphatic heterocycles. The summed E-state index contributed by atoms with van der Waals surface area (Å²) in [4.78, 5) is 29.9. The quantitative estimate of drug-likeness (QED) is 0.183. The van der Waals surface area contributed by atoms with Crippen molar-refractivity contribution in [2.24, 2.45) is 11.3 Å². The minimum absolute atomic E-state index is 0.0108. The van der Waals surface area contributed by atoms with E-state index in [4.69, 9.17) is 9.47 Å². The van der Waals surface area contributed by atoms with Crippen molar-refractivity contribution in [1.29, 1.82) is 0 Å². The van der Waals surface area contributed by atoms with Crippen LogP contribution in [0.5, 0.6) is 5.75 Å². The van der Waals surface area contributed by atoms with Gasteiger partial charge in [0, 0.05) is 25.0 Å². The molecule has 0 radical (unpaired) electrons. The molecule has 2 bridgehead atoms. The van der Waals surface area contributed by atoms with Crippen LogP contribution in [0.25, 0.3) is 0 Å². The summed E-state index contributed by atoms with van der Waals surface area (Å²) in [6.45, 7) is 4.47. The predicted molar refractivity (Wildman–Crippen MR) is 189 cm³/mol. The van der Waals surface area contributed by atoms with E-state index < -0.39 is 37.8 Å². The molecule has 5 fully saturated rings. The number of nitrogens with zero attached hydrogens (tertiary/aromatic N) is 2. The van der Waals surface area contributed by atoms with Crippen LogP contribution in [0.2, 0.25) is 0 Å². The van der Waals surface area contributed by atoms with E-state index in [0.29, 0.717) is 19.3 Å². The lowest BCUT2D eigenvalue weighted by Crippen LogP contribution is -2.70. The normalized spacial score (nSPS) is 30.4. The highest BCUT2D eigenvalue weighted by Crippen LogP contribution is 2.66. The van der Waals surface area contributed by atoms with Gasteiger partial charge in [-0.05, 0) is 79.5 Å². The van der Waals surface area contributed by atoms with Crippen LogP contribution >= 0.6 is 0 Å². The van der Waals surface area contributed by atoms with E-state index in [9.17, 15) is 9.59 Å². The summed E-state index contributed by atoms with van der Waals surface area (Å²) in [7, 11) is -2.27. The van der Waals surface area contributed by atoms with Crippen molar-refractivity contribution in [2.75, 3.05) is 7.11 Å². The van der Waals surface area contributed by atoms with Crippen LogP contribution < -0.4 is 4.74 Å². The molecule has 1 amide bonds. The molecule has 7 rings (SSSR count). The number of fused-ring (bicyclic) bond motifs is 2. The van der Waals surface area contributed by atoms with Gasteiger partial charge in [0.2, 0.25) is 15.9 Å². The van der Waals surface area contributed by atoms with Gasteiger partial charge in [-0.3, -0.25) is 4.79 Å². The maximum atomic E-state index is 15.6. The number of hydrogen-bond donors (Lipinski definition) is 0. The third-order valence-electron chi connectivity index (χ3n) is 13.3. The fourth-order valence-corrected chi connectivity index (χ4v) is 13.8. The molecule has 1 saturated heterocycles. The second-order valence-electron chi connectivity index (χ2n) is 16.1. The molecule has 4 atom stereocenters. The van der Waals surface area contributed by atoms with Crippen LogP contribution in [0.15, 0.2) is 54.6 Å². The Hall–Kier alpha value is -2.91. The molecule has 1 heterocycles. The minimum Gasteiger partial charge on any atom is -0.497 e. The number of β-lactam (4-membered cyclic amide) rings is 1. The standard InChI is InChI=1S/C40H54N2O6S/c1-38(2)31-23-24-40(38,49(45,46)42(32-15-9-5-10-16-32)33-17-11-6-12-18-33)35(25-31)48-37(44)39(26-29-13-7-4-8-14-29)27-36(43)41(39)28-30-19-21-34(47-3)22-20-30/h4,7-8,13-14,19-22,31-33,35H,5-6,9-12,15-18,23-28H2,1-3H3/t31-,35-,39-,40-/m0/s1. The van der Waals surface area contributed by atoms with Crippen molar-refractivity contribution in [3.05, 3.63) is 65.7 Å². The van der Waals surface area contributed by atoms with Gasteiger partial charge in [-0.1, -0.05) is 94.8 Å². The molecule has 2 aromatic carbocycles. The van der Waals surface area contributed by atoms with E-state index in [1.54, 1.807) is 12.0 Å². The Morgan fingerprint density at radius 1 is 0.857 bits per heavy atom. The second kappa shape index (κ2) is 13.3. The van der Waals surface area contributed by atoms with Gasteiger partial charge in [-0.25, -0.2) is 13.2 Å². The van der Waals surface area contributed by atoms with Crippen molar-refractivity contribution in [2.45, 2.75) is 145 Å². The van der Waals surface area contributed by atoms with Gasteiger partial charge >= 0.3 is 5.97 Å². The summed E-state index contributed by atoms with van der Waals surface area (Å²) in [6, 6.07) is 17.3. The van der Waals surface area contributed by atoms with Crippen molar-refractivity contribution >= 4 is 21.9 Å². The molecule has 2 aromatic rings.